The van der Waals surface area contributed by atoms with Crippen molar-refractivity contribution in [1.29, 1.82) is 0 Å². The van der Waals surface area contributed by atoms with Crippen molar-refractivity contribution in [3.05, 3.63) is 24.3 Å². The molecule has 0 spiro atoms. The molecule has 1 aliphatic heterocycles. The van der Waals surface area contributed by atoms with E-state index in [0.29, 0.717) is 12.3 Å². The van der Waals surface area contributed by atoms with E-state index >= 15 is 0 Å². The summed E-state index contributed by atoms with van der Waals surface area (Å²) in [4.78, 5) is 12.3. The van der Waals surface area contributed by atoms with Gasteiger partial charge in [-0.2, -0.15) is 0 Å². The zero-order chi connectivity index (χ0) is 11.8. The second-order valence-electron chi connectivity index (χ2n) is 4.71. The average molecular weight is 222 g/mol. The quantitative estimate of drug-likeness (QED) is 0.682. The topological polar surface area (TPSA) is 38.8 Å². The average Bonchev–Trinajstić information content (AvgIpc) is 3.09. The highest BCUT2D eigenvalue weighted by Gasteiger charge is 2.53. The highest BCUT2D eigenvalue weighted by Crippen LogP contribution is 2.36. The van der Waals surface area contributed by atoms with Crippen LogP contribution in [0.5, 0.6) is 0 Å². The van der Waals surface area contributed by atoms with Gasteiger partial charge in [0.2, 0.25) is 0 Å². The summed E-state index contributed by atoms with van der Waals surface area (Å²) in [5.74, 6) is 0.431. The van der Waals surface area contributed by atoms with E-state index in [2.05, 4.69) is 13.8 Å². The number of Topliss-reactive ketones (excluding diaryl/α,β-unsaturated/α-hetero) is 1. The first-order valence-electron chi connectivity index (χ1n) is 5.70. The fourth-order valence-corrected chi connectivity index (χ4v) is 2.12. The van der Waals surface area contributed by atoms with Gasteiger partial charge in [-0.1, -0.05) is 32.1 Å². The van der Waals surface area contributed by atoms with E-state index in [9.17, 15) is 4.79 Å². The zero-order valence-corrected chi connectivity index (χ0v) is 9.97. The van der Waals surface area contributed by atoms with E-state index in [-0.39, 0.29) is 18.0 Å². The Balaban J connectivity index is 2.09. The molecule has 0 aromatic heterocycles. The van der Waals surface area contributed by atoms with Gasteiger partial charge in [-0.05, 0) is 12.0 Å². The summed E-state index contributed by atoms with van der Waals surface area (Å²) < 4.78 is 10.8. The highest BCUT2D eigenvalue weighted by molar-refractivity contribution is 5.95. The number of hydrogen-bond donors (Lipinski definition) is 0. The van der Waals surface area contributed by atoms with E-state index in [1.54, 1.807) is 7.11 Å². The van der Waals surface area contributed by atoms with Gasteiger partial charge in [-0.3, -0.25) is 4.79 Å². The van der Waals surface area contributed by atoms with Crippen LogP contribution in [-0.4, -0.2) is 30.7 Å². The fourth-order valence-electron chi connectivity index (χ4n) is 2.12. The van der Waals surface area contributed by atoms with Gasteiger partial charge in [-0.15, -0.1) is 0 Å². The molecule has 1 unspecified atom stereocenters. The molecule has 0 N–H and O–H groups in total. The van der Waals surface area contributed by atoms with Crippen LogP contribution in [0, 0.1) is 5.92 Å². The minimum atomic E-state index is -0.803. The molecule has 1 saturated heterocycles. The molecule has 3 heteroatoms. The molecule has 0 bridgehead atoms. The second kappa shape index (κ2) is 4.15. The molecule has 2 rings (SSSR count). The highest BCUT2D eigenvalue weighted by atomic mass is 16.6. The normalized spacial score (nSPS) is 36.8. The van der Waals surface area contributed by atoms with Crippen molar-refractivity contribution in [1.82, 2.24) is 0 Å². The van der Waals surface area contributed by atoms with Gasteiger partial charge in [0.15, 0.2) is 11.4 Å². The molecule has 1 fully saturated rings. The van der Waals surface area contributed by atoms with Crippen LogP contribution in [-0.2, 0) is 14.3 Å². The lowest BCUT2D eigenvalue weighted by Gasteiger charge is -2.27. The minimum absolute atomic E-state index is 0.0503. The van der Waals surface area contributed by atoms with Crippen LogP contribution in [0.25, 0.3) is 0 Å². The van der Waals surface area contributed by atoms with Crippen LogP contribution < -0.4 is 0 Å². The molecule has 1 aliphatic carbocycles. The molecule has 0 aromatic carbocycles. The molecule has 0 aromatic rings. The Bertz CT molecular complexity index is 343. The van der Waals surface area contributed by atoms with Gasteiger partial charge >= 0.3 is 0 Å². The summed E-state index contributed by atoms with van der Waals surface area (Å²) in [6.07, 6.45) is 7.96. The molecule has 0 amide bonds. The Labute approximate surface area is 96.1 Å². The van der Waals surface area contributed by atoms with Crippen LogP contribution >= 0.6 is 0 Å². The van der Waals surface area contributed by atoms with Crippen LogP contribution in [0.15, 0.2) is 24.3 Å². The van der Waals surface area contributed by atoms with Gasteiger partial charge in [0.25, 0.3) is 0 Å². The number of ketones is 1. The van der Waals surface area contributed by atoms with Crippen molar-refractivity contribution in [2.75, 3.05) is 7.11 Å². The summed E-state index contributed by atoms with van der Waals surface area (Å²) in [6.45, 7) is 4.13. The number of hydrogen-bond acceptors (Lipinski definition) is 3. The molecule has 16 heavy (non-hydrogen) atoms. The van der Waals surface area contributed by atoms with Crippen molar-refractivity contribution in [3.63, 3.8) is 0 Å². The Morgan fingerprint density at radius 1 is 1.50 bits per heavy atom. The van der Waals surface area contributed by atoms with Gasteiger partial charge in [-0.25, -0.2) is 0 Å². The molecule has 1 heterocycles. The van der Waals surface area contributed by atoms with E-state index < -0.39 is 5.60 Å². The summed E-state index contributed by atoms with van der Waals surface area (Å²) in [6, 6.07) is 0. The van der Waals surface area contributed by atoms with Gasteiger partial charge in [0.1, 0.15) is 6.10 Å². The molecular weight excluding hydrogens is 204 g/mol. The third-order valence-electron chi connectivity index (χ3n) is 3.26. The zero-order valence-electron chi connectivity index (χ0n) is 9.97. The summed E-state index contributed by atoms with van der Waals surface area (Å²) >= 11 is 0. The van der Waals surface area contributed by atoms with Crippen molar-refractivity contribution < 1.29 is 14.3 Å². The number of epoxide rings is 1. The largest absolute Gasteiger partial charge is 0.366 e. The van der Waals surface area contributed by atoms with Crippen molar-refractivity contribution in [2.24, 2.45) is 5.92 Å². The number of rotatable bonds is 4. The van der Waals surface area contributed by atoms with Crippen molar-refractivity contribution in [3.8, 4) is 0 Å². The Kier molecular flexibility index (Phi) is 3.00. The van der Waals surface area contributed by atoms with Gasteiger partial charge in [0.05, 0.1) is 6.10 Å². The first-order chi connectivity index (χ1) is 7.60. The Morgan fingerprint density at radius 2 is 2.25 bits per heavy atom. The number of methoxy groups -OCH3 is 1. The van der Waals surface area contributed by atoms with Gasteiger partial charge < -0.3 is 9.47 Å². The summed E-state index contributed by atoms with van der Waals surface area (Å²) in [7, 11) is 1.58. The van der Waals surface area contributed by atoms with E-state index in [0.717, 1.165) is 0 Å². The molecule has 2 aliphatic rings. The number of carbonyl (C=O) groups is 1. The lowest BCUT2D eigenvalue weighted by molar-refractivity contribution is -0.136. The minimum Gasteiger partial charge on any atom is -0.366 e. The summed E-state index contributed by atoms with van der Waals surface area (Å²) in [5, 5.41) is 0. The molecule has 3 nitrogen and oxygen atoms in total. The predicted octanol–water partition coefficient (Wildman–Crippen LogP) is 1.88. The van der Waals surface area contributed by atoms with Gasteiger partial charge in [0, 0.05) is 13.5 Å². The second-order valence-corrected chi connectivity index (χ2v) is 4.71. The third-order valence-corrected chi connectivity index (χ3v) is 3.26. The van der Waals surface area contributed by atoms with E-state index in [4.69, 9.17) is 9.47 Å². The first kappa shape index (κ1) is 11.6. The van der Waals surface area contributed by atoms with Crippen molar-refractivity contribution in [2.45, 2.75) is 38.1 Å². The van der Waals surface area contributed by atoms with E-state index in [1.165, 1.54) is 0 Å². The maximum atomic E-state index is 12.3. The molecular formula is C13H18O3. The van der Waals surface area contributed by atoms with E-state index in [1.807, 2.05) is 24.3 Å². The smallest absolute Gasteiger partial charge is 0.200 e. The predicted molar refractivity (Wildman–Crippen MR) is 61.1 cm³/mol. The number of carbonyl (C=O) groups excluding carboxylic acids is 1. The number of ether oxygens (including phenoxy) is 2. The van der Waals surface area contributed by atoms with Crippen LogP contribution in [0.3, 0.4) is 0 Å². The standard InChI is InChI=1S/C13H18O3/c1-9(2)10-11(16-10)12(14)13(15-3)7-5-4-6-8-13/h4-7,9-11H,8H2,1-3H3/t10-,11+,13?/m1/s1. The first-order valence-corrected chi connectivity index (χ1v) is 5.70. The van der Waals surface area contributed by atoms with Crippen LogP contribution in [0.1, 0.15) is 20.3 Å². The Hall–Kier alpha value is -0.930. The van der Waals surface area contributed by atoms with Crippen molar-refractivity contribution >= 4 is 5.78 Å². The monoisotopic (exact) mass is 222 g/mol. The molecule has 3 atom stereocenters. The summed E-state index contributed by atoms with van der Waals surface area (Å²) in [5.41, 5.74) is -0.803. The number of allylic oxidation sites excluding steroid dienone is 2. The fraction of sp³-hybridized carbons (Fsp3) is 0.615. The molecule has 88 valence electrons. The Morgan fingerprint density at radius 3 is 2.69 bits per heavy atom. The SMILES string of the molecule is COC1(C(=O)[C@H]2O[C@@H]2C(C)C)C=CC=CC1. The lowest BCUT2D eigenvalue weighted by Crippen LogP contribution is -2.42. The maximum absolute atomic E-state index is 12.3. The lowest BCUT2D eigenvalue weighted by atomic mass is 9.87. The maximum Gasteiger partial charge on any atom is 0.200 e. The molecule has 0 radical (unpaired) electrons. The molecule has 0 saturated carbocycles. The van der Waals surface area contributed by atoms with Crippen LogP contribution in [0.4, 0.5) is 0 Å². The van der Waals surface area contributed by atoms with Crippen LogP contribution in [0.2, 0.25) is 0 Å². The third kappa shape index (κ3) is 1.85.